The van der Waals surface area contributed by atoms with Gasteiger partial charge in [-0.05, 0) is 69.5 Å². The Morgan fingerprint density at radius 1 is 1.29 bits per heavy atom. The molecule has 0 spiro atoms. The van der Waals surface area contributed by atoms with Gasteiger partial charge in [0.05, 0.1) is 0 Å². The van der Waals surface area contributed by atoms with Crippen LogP contribution in [0, 0.1) is 18.3 Å². The predicted molar refractivity (Wildman–Crippen MR) is 111 cm³/mol. The number of nitriles is 1. The van der Waals surface area contributed by atoms with E-state index in [0.717, 1.165) is 5.56 Å². The van der Waals surface area contributed by atoms with Gasteiger partial charge < -0.3 is 15.4 Å². The summed E-state index contributed by atoms with van der Waals surface area (Å²) in [6.45, 7) is 8.78. The van der Waals surface area contributed by atoms with E-state index in [2.05, 4.69) is 5.32 Å². The van der Waals surface area contributed by atoms with Crippen molar-refractivity contribution in [1.29, 1.82) is 5.26 Å². The average molecular weight is 384 g/mol. The molecule has 7 heteroatoms. The van der Waals surface area contributed by atoms with Crippen molar-refractivity contribution in [1.82, 2.24) is 4.90 Å². The molecule has 0 saturated carbocycles. The van der Waals surface area contributed by atoms with Crippen molar-refractivity contribution >= 4 is 29.3 Å². The molecule has 0 aliphatic heterocycles. The van der Waals surface area contributed by atoms with Crippen LogP contribution < -0.4 is 11.1 Å². The van der Waals surface area contributed by atoms with E-state index in [1.807, 2.05) is 13.0 Å². The van der Waals surface area contributed by atoms with Crippen LogP contribution in [0.2, 0.25) is 0 Å². The molecule has 0 aromatic heterocycles. The molecule has 1 rings (SSSR count). The predicted octanol–water partition coefficient (Wildman–Crippen LogP) is 3.87. The fraction of sp³-hybridized carbons (Fsp3) is 0.381. The van der Waals surface area contributed by atoms with Crippen LogP contribution in [-0.2, 0) is 9.53 Å². The lowest BCUT2D eigenvalue weighted by Gasteiger charge is -2.20. The van der Waals surface area contributed by atoms with E-state index in [0.29, 0.717) is 22.5 Å². The highest BCUT2D eigenvalue weighted by Crippen LogP contribution is 2.26. The van der Waals surface area contributed by atoms with Gasteiger partial charge in [0.25, 0.3) is 0 Å². The lowest BCUT2D eigenvalue weighted by Crippen LogP contribution is -2.27. The lowest BCUT2D eigenvalue weighted by atomic mass is 10.0. The molecule has 28 heavy (non-hydrogen) atoms. The number of ether oxygens (including phenoxy) is 1. The number of hydrogen-bond donors (Lipinski definition) is 2. The summed E-state index contributed by atoms with van der Waals surface area (Å²) in [5.74, 6) is -0.371. The molecule has 3 N–H and O–H groups in total. The van der Waals surface area contributed by atoms with Gasteiger partial charge in [-0.25, -0.2) is 4.79 Å². The molecule has 0 heterocycles. The fourth-order valence-corrected chi connectivity index (χ4v) is 2.33. The van der Waals surface area contributed by atoms with Gasteiger partial charge in [-0.1, -0.05) is 0 Å². The van der Waals surface area contributed by atoms with Crippen molar-refractivity contribution in [3.05, 3.63) is 40.6 Å². The largest absolute Gasteiger partial charge is 0.444 e. The smallest absolute Gasteiger partial charge is 0.412 e. The number of nitrogens with zero attached hydrogens (tertiary/aromatic N) is 2. The van der Waals surface area contributed by atoms with E-state index in [4.69, 9.17) is 10.5 Å². The number of Topliss-reactive ketones (excluding diaryl/α,β-unsaturated/α-hetero) is 1. The van der Waals surface area contributed by atoms with E-state index in [-0.39, 0.29) is 11.4 Å². The molecule has 1 amide bonds. The summed E-state index contributed by atoms with van der Waals surface area (Å²) in [5, 5.41) is 11.9. The number of allylic oxidation sites excluding steroid dienone is 2. The molecule has 0 unspecified atom stereocenters. The number of anilines is 2. The fourth-order valence-electron chi connectivity index (χ4n) is 2.33. The van der Waals surface area contributed by atoms with Crippen molar-refractivity contribution in [2.45, 2.75) is 40.2 Å². The van der Waals surface area contributed by atoms with Gasteiger partial charge in [0.15, 0.2) is 0 Å². The Hall–Kier alpha value is -3.27. The number of carbonyl (C=O) groups is 2. The number of nitrogens with one attached hydrogen (secondary N) is 1. The van der Waals surface area contributed by atoms with Crippen molar-refractivity contribution < 1.29 is 14.3 Å². The minimum absolute atomic E-state index is 0.0391. The van der Waals surface area contributed by atoms with Gasteiger partial charge >= 0.3 is 6.09 Å². The Morgan fingerprint density at radius 3 is 2.39 bits per heavy atom. The number of benzene rings is 1. The first-order valence-corrected chi connectivity index (χ1v) is 8.75. The number of nitrogens with two attached hydrogens (primary N) is 1. The van der Waals surface area contributed by atoms with Gasteiger partial charge in [0.2, 0.25) is 5.78 Å². The first-order valence-electron chi connectivity index (χ1n) is 8.75. The maximum absolute atomic E-state index is 12.5. The molecular formula is C21H28N4O3. The van der Waals surface area contributed by atoms with Crippen LogP contribution >= 0.6 is 0 Å². The second-order valence-electron chi connectivity index (χ2n) is 7.70. The lowest BCUT2D eigenvalue weighted by molar-refractivity contribution is -0.111. The third-order valence-electron chi connectivity index (χ3n) is 3.55. The normalized spacial score (nSPS) is 12.2. The van der Waals surface area contributed by atoms with Crippen LogP contribution in [0.4, 0.5) is 16.2 Å². The average Bonchev–Trinajstić information content (AvgIpc) is 2.54. The van der Waals surface area contributed by atoms with Crippen LogP contribution in [0.1, 0.15) is 38.8 Å². The van der Waals surface area contributed by atoms with E-state index in [9.17, 15) is 14.9 Å². The SMILES string of the molecule is C/C(=C\c1cc(C)c(NC(=O)OC(C)(C)C)cc1N)C(=O)/C(C#N)=C/N(C)C. The molecule has 0 bridgehead atoms. The first-order chi connectivity index (χ1) is 12.8. The minimum Gasteiger partial charge on any atom is -0.444 e. The Labute approximate surface area is 166 Å². The molecule has 7 nitrogen and oxygen atoms in total. The van der Waals surface area contributed by atoms with Crippen LogP contribution in [0.15, 0.2) is 29.5 Å². The van der Waals surface area contributed by atoms with E-state index < -0.39 is 11.7 Å². The molecular weight excluding hydrogens is 356 g/mol. The van der Waals surface area contributed by atoms with Gasteiger partial charge in [0.1, 0.15) is 17.2 Å². The molecule has 0 aliphatic carbocycles. The number of amides is 1. The van der Waals surface area contributed by atoms with Gasteiger partial charge in [0, 0.05) is 31.7 Å². The Kier molecular flexibility index (Phi) is 7.39. The Morgan fingerprint density at radius 2 is 1.89 bits per heavy atom. The number of carbonyl (C=O) groups excluding carboxylic acids is 2. The highest BCUT2D eigenvalue weighted by molar-refractivity contribution is 6.13. The minimum atomic E-state index is -0.609. The van der Waals surface area contributed by atoms with Gasteiger partial charge in [-0.2, -0.15) is 5.26 Å². The molecule has 1 aromatic rings. The van der Waals surface area contributed by atoms with Crippen LogP contribution in [0.3, 0.4) is 0 Å². The van der Waals surface area contributed by atoms with E-state index in [1.54, 1.807) is 64.9 Å². The van der Waals surface area contributed by atoms with E-state index >= 15 is 0 Å². The number of ketones is 1. The Bertz CT molecular complexity index is 869. The molecule has 0 fully saturated rings. The summed E-state index contributed by atoms with van der Waals surface area (Å²) < 4.78 is 5.24. The van der Waals surface area contributed by atoms with Crippen LogP contribution in [0.25, 0.3) is 6.08 Å². The maximum Gasteiger partial charge on any atom is 0.412 e. The quantitative estimate of drug-likeness (QED) is 0.453. The maximum atomic E-state index is 12.5. The summed E-state index contributed by atoms with van der Waals surface area (Å²) in [5.41, 5.74) is 8.21. The summed E-state index contributed by atoms with van der Waals surface area (Å²) >= 11 is 0. The standard InChI is InChI=1S/C21H28N4O3/c1-13-8-15(9-14(2)19(26)16(11-22)12-25(6)7)17(23)10-18(13)24-20(27)28-21(3,4)5/h8-10,12H,23H2,1-7H3,(H,24,27)/b14-9+,16-12+. The van der Waals surface area contributed by atoms with Gasteiger partial charge in [-0.3, -0.25) is 10.1 Å². The number of aryl methyl sites for hydroxylation is 1. The number of rotatable bonds is 5. The number of hydrogen-bond acceptors (Lipinski definition) is 6. The van der Waals surface area contributed by atoms with Crippen LogP contribution in [-0.4, -0.2) is 36.5 Å². The van der Waals surface area contributed by atoms with Gasteiger partial charge in [-0.15, -0.1) is 0 Å². The van der Waals surface area contributed by atoms with Crippen LogP contribution in [0.5, 0.6) is 0 Å². The van der Waals surface area contributed by atoms with Crippen molar-refractivity contribution in [2.24, 2.45) is 0 Å². The first kappa shape index (κ1) is 22.8. The molecule has 0 atom stereocenters. The molecule has 0 aliphatic rings. The molecule has 150 valence electrons. The summed E-state index contributed by atoms with van der Waals surface area (Å²) in [6.07, 6.45) is 2.53. The highest BCUT2D eigenvalue weighted by atomic mass is 16.6. The van der Waals surface area contributed by atoms with Crippen molar-refractivity contribution in [3.8, 4) is 6.07 Å². The summed E-state index contributed by atoms with van der Waals surface area (Å²) in [6, 6.07) is 5.29. The molecule has 1 aromatic carbocycles. The van der Waals surface area contributed by atoms with E-state index in [1.165, 1.54) is 6.20 Å². The highest BCUT2D eigenvalue weighted by Gasteiger charge is 2.17. The topological polar surface area (TPSA) is 108 Å². The summed E-state index contributed by atoms with van der Waals surface area (Å²) in [7, 11) is 3.48. The zero-order chi connectivity index (χ0) is 21.6. The molecule has 0 saturated heterocycles. The summed E-state index contributed by atoms with van der Waals surface area (Å²) in [4.78, 5) is 26.1. The molecule has 0 radical (unpaired) electrons. The third kappa shape index (κ3) is 6.80. The zero-order valence-corrected chi connectivity index (χ0v) is 17.5. The number of nitrogen functional groups attached to an aromatic ring is 1. The monoisotopic (exact) mass is 384 g/mol. The van der Waals surface area contributed by atoms with Crippen molar-refractivity contribution in [2.75, 3.05) is 25.1 Å². The Balaban J connectivity index is 3.13. The second kappa shape index (κ2) is 9.09. The second-order valence-corrected chi connectivity index (χ2v) is 7.70. The zero-order valence-electron chi connectivity index (χ0n) is 17.5. The van der Waals surface area contributed by atoms with Crippen molar-refractivity contribution in [3.63, 3.8) is 0 Å². The third-order valence-corrected chi connectivity index (χ3v) is 3.55.